The quantitative estimate of drug-likeness (QED) is 0.866. The van der Waals surface area contributed by atoms with Crippen molar-refractivity contribution in [1.29, 1.82) is 0 Å². The van der Waals surface area contributed by atoms with Crippen molar-refractivity contribution in [3.63, 3.8) is 0 Å². The highest BCUT2D eigenvalue weighted by Crippen LogP contribution is 2.36. The second kappa shape index (κ2) is 7.40. The molecule has 28 heavy (non-hydrogen) atoms. The topological polar surface area (TPSA) is 75.9 Å². The van der Waals surface area contributed by atoms with Crippen LogP contribution in [0.4, 0.5) is 24.9 Å². The number of alkyl halides is 3. The molecule has 0 unspecified atom stereocenters. The number of carbonyl (C=O) groups excluding carboxylic acids is 1. The van der Waals surface area contributed by atoms with Gasteiger partial charge in [0.1, 0.15) is 11.6 Å². The summed E-state index contributed by atoms with van der Waals surface area (Å²) in [5, 5.41) is 11.0. The third kappa shape index (κ3) is 3.67. The zero-order valence-electron chi connectivity index (χ0n) is 15.2. The van der Waals surface area contributed by atoms with Gasteiger partial charge in [-0.15, -0.1) is 10.2 Å². The Morgan fingerprint density at radius 3 is 2.86 bits per heavy atom. The Morgan fingerprint density at radius 1 is 1.18 bits per heavy atom. The van der Waals surface area contributed by atoms with Gasteiger partial charge in [0.15, 0.2) is 0 Å². The van der Waals surface area contributed by atoms with Crippen LogP contribution in [0, 0.1) is 5.92 Å². The first-order valence-electron chi connectivity index (χ1n) is 9.43. The lowest BCUT2D eigenvalue weighted by Crippen LogP contribution is -2.42. The van der Waals surface area contributed by atoms with Crippen LogP contribution in [0.3, 0.4) is 0 Å². The second-order valence-corrected chi connectivity index (χ2v) is 7.20. The number of aromatic nitrogens is 4. The summed E-state index contributed by atoms with van der Waals surface area (Å²) in [5.74, 6) is 0.483. The Labute approximate surface area is 160 Å². The summed E-state index contributed by atoms with van der Waals surface area (Å²) in [7, 11) is 0. The molecule has 0 saturated carbocycles. The summed E-state index contributed by atoms with van der Waals surface area (Å²) in [6, 6.07) is 2.30. The van der Waals surface area contributed by atoms with E-state index in [4.69, 9.17) is 0 Å². The largest absolute Gasteiger partial charge is 0.419 e. The van der Waals surface area contributed by atoms with Crippen LogP contribution in [-0.4, -0.2) is 38.7 Å². The van der Waals surface area contributed by atoms with Crippen molar-refractivity contribution >= 4 is 17.7 Å². The fourth-order valence-electron chi connectivity index (χ4n) is 3.87. The van der Waals surface area contributed by atoms with E-state index >= 15 is 0 Å². The number of halogens is 3. The Hall–Kier alpha value is -2.65. The molecule has 4 heterocycles. The van der Waals surface area contributed by atoms with Gasteiger partial charge in [-0.1, -0.05) is 0 Å². The lowest BCUT2D eigenvalue weighted by atomic mass is 9.96. The molecule has 1 fully saturated rings. The molecule has 2 aromatic rings. The number of hydrogen-bond acceptors (Lipinski definition) is 5. The van der Waals surface area contributed by atoms with Crippen molar-refractivity contribution in [2.45, 2.75) is 44.8 Å². The first-order chi connectivity index (χ1) is 13.4. The molecule has 0 radical (unpaired) electrons. The summed E-state index contributed by atoms with van der Waals surface area (Å²) >= 11 is 0. The number of nitrogens with one attached hydrogen (secondary N) is 1. The molecule has 2 aromatic heterocycles. The lowest BCUT2D eigenvalue weighted by molar-refractivity contribution is -0.137. The molecule has 2 aliphatic rings. The van der Waals surface area contributed by atoms with Gasteiger partial charge in [0.05, 0.1) is 11.5 Å². The molecule has 10 heteroatoms. The smallest absolute Gasteiger partial charge is 0.355 e. The Kier molecular flexibility index (Phi) is 4.94. The highest BCUT2D eigenvalue weighted by Gasteiger charge is 2.37. The summed E-state index contributed by atoms with van der Waals surface area (Å²) in [4.78, 5) is 18.2. The van der Waals surface area contributed by atoms with E-state index in [2.05, 4.69) is 20.5 Å². The Morgan fingerprint density at radius 2 is 2.04 bits per heavy atom. The number of rotatable bonds is 3. The maximum Gasteiger partial charge on any atom is 0.419 e. The summed E-state index contributed by atoms with van der Waals surface area (Å²) in [6.45, 7) is 1.38. The van der Waals surface area contributed by atoms with Crippen molar-refractivity contribution in [3.8, 4) is 0 Å². The van der Waals surface area contributed by atoms with E-state index in [1.165, 1.54) is 12.3 Å². The van der Waals surface area contributed by atoms with Gasteiger partial charge in [0.2, 0.25) is 11.9 Å². The number of anilines is 2. The standard InChI is InChI=1S/C18H21F3N6O/c19-18(20,21)13-6-3-8-22-15(13)26-9-4-5-12(11-26)16(28)23-17-25-24-14-7-1-2-10-27(14)17/h3,6,8,12H,1-2,4-5,7,9-11H2,(H,23,25,28)/t12-/m1/s1. The number of aryl methyl sites for hydroxylation is 1. The minimum absolute atomic E-state index is 0.118. The molecule has 1 N–H and O–H groups in total. The fraction of sp³-hybridized carbons (Fsp3) is 0.556. The average molecular weight is 394 g/mol. The van der Waals surface area contributed by atoms with E-state index in [1.54, 1.807) is 4.90 Å². The normalized spacial score (nSPS) is 20.0. The van der Waals surface area contributed by atoms with Crippen LogP contribution in [0.25, 0.3) is 0 Å². The summed E-state index contributed by atoms with van der Waals surface area (Å²) in [5.41, 5.74) is -0.775. The highest BCUT2D eigenvalue weighted by molar-refractivity contribution is 5.91. The SMILES string of the molecule is O=C(Nc1nnc2n1CCCC2)[C@@H]1CCCN(c2ncccc2C(F)(F)F)C1. The van der Waals surface area contributed by atoms with Gasteiger partial charge in [-0.3, -0.25) is 14.7 Å². The van der Waals surface area contributed by atoms with Gasteiger partial charge in [-0.25, -0.2) is 4.98 Å². The third-order valence-electron chi connectivity index (χ3n) is 5.28. The van der Waals surface area contributed by atoms with Crippen LogP contribution in [0.1, 0.15) is 37.1 Å². The molecule has 0 spiro atoms. The number of amides is 1. The van der Waals surface area contributed by atoms with Gasteiger partial charge in [-0.05, 0) is 37.8 Å². The minimum Gasteiger partial charge on any atom is -0.355 e. The molecular weight excluding hydrogens is 373 g/mol. The molecule has 0 aliphatic carbocycles. The second-order valence-electron chi connectivity index (χ2n) is 7.20. The number of pyridine rings is 1. The zero-order chi connectivity index (χ0) is 19.7. The number of fused-ring (bicyclic) bond motifs is 1. The fourth-order valence-corrected chi connectivity index (χ4v) is 3.87. The van der Waals surface area contributed by atoms with E-state index in [1.807, 2.05) is 4.57 Å². The van der Waals surface area contributed by atoms with Gasteiger partial charge in [0, 0.05) is 32.3 Å². The number of piperidine rings is 1. The number of nitrogens with zero attached hydrogens (tertiary/aromatic N) is 5. The van der Waals surface area contributed by atoms with E-state index < -0.39 is 17.7 Å². The van der Waals surface area contributed by atoms with Crippen molar-refractivity contribution < 1.29 is 18.0 Å². The van der Waals surface area contributed by atoms with E-state index in [-0.39, 0.29) is 18.3 Å². The molecular formula is C18H21F3N6O. The highest BCUT2D eigenvalue weighted by atomic mass is 19.4. The van der Waals surface area contributed by atoms with E-state index in [0.717, 1.165) is 37.7 Å². The minimum atomic E-state index is -4.49. The van der Waals surface area contributed by atoms with Gasteiger partial charge >= 0.3 is 6.18 Å². The predicted molar refractivity (Wildman–Crippen MR) is 95.8 cm³/mol. The molecule has 1 saturated heterocycles. The van der Waals surface area contributed by atoms with E-state index in [9.17, 15) is 18.0 Å². The first kappa shape index (κ1) is 18.7. The summed E-state index contributed by atoms with van der Waals surface area (Å²) < 4.78 is 41.8. The van der Waals surface area contributed by atoms with Crippen LogP contribution in [0.2, 0.25) is 0 Å². The molecule has 7 nitrogen and oxygen atoms in total. The first-order valence-corrected chi connectivity index (χ1v) is 9.43. The maximum atomic E-state index is 13.3. The van der Waals surface area contributed by atoms with Crippen LogP contribution in [0.15, 0.2) is 18.3 Å². The van der Waals surface area contributed by atoms with Crippen molar-refractivity contribution in [2.75, 3.05) is 23.3 Å². The zero-order valence-corrected chi connectivity index (χ0v) is 15.2. The van der Waals surface area contributed by atoms with Crippen LogP contribution < -0.4 is 10.2 Å². The van der Waals surface area contributed by atoms with E-state index in [0.29, 0.717) is 25.3 Å². The Bertz CT molecular complexity index is 865. The molecule has 4 rings (SSSR count). The van der Waals surface area contributed by atoms with Gasteiger partial charge in [-0.2, -0.15) is 13.2 Å². The summed E-state index contributed by atoms with van der Waals surface area (Å²) in [6.07, 6.45) is 0.970. The predicted octanol–water partition coefficient (Wildman–Crippen LogP) is 2.88. The monoisotopic (exact) mass is 394 g/mol. The third-order valence-corrected chi connectivity index (χ3v) is 5.28. The molecule has 150 valence electrons. The van der Waals surface area contributed by atoms with Gasteiger partial charge < -0.3 is 4.90 Å². The molecule has 1 amide bonds. The lowest BCUT2D eigenvalue weighted by Gasteiger charge is -2.34. The average Bonchev–Trinajstić information content (AvgIpc) is 3.10. The van der Waals surface area contributed by atoms with Crippen LogP contribution in [0.5, 0.6) is 0 Å². The van der Waals surface area contributed by atoms with Crippen LogP contribution in [-0.2, 0) is 23.9 Å². The number of carbonyl (C=O) groups is 1. The van der Waals surface area contributed by atoms with Crippen molar-refractivity contribution in [1.82, 2.24) is 19.7 Å². The molecule has 0 bridgehead atoms. The van der Waals surface area contributed by atoms with Crippen molar-refractivity contribution in [2.24, 2.45) is 5.92 Å². The molecule has 1 atom stereocenters. The number of hydrogen-bond donors (Lipinski definition) is 1. The Balaban J connectivity index is 1.49. The van der Waals surface area contributed by atoms with Gasteiger partial charge in [0.25, 0.3) is 0 Å². The molecule has 0 aromatic carbocycles. The van der Waals surface area contributed by atoms with Crippen LogP contribution >= 0.6 is 0 Å². The molecule has 2 aliphatic heterocycles. The van der Waals surface area contributed by atoms with Crippen molar-refractivity contribution in [3.05, 3.63) is 29.7 Å². The maximum absolute atomic E-state index is 13.3.